The van der Waals surface area contributed by atoms with Crippen molar-refractivity contribution >= 4 is 23.1 Å². The van der Waals surface area contributed by atoms with E-state index in [1.807, 2.05) is 0 Å². The number of aromatic nitrogens is 3. The van der Waals surface area contributed by atoms with Crippen molar-refractivity contribution in [2.45, 2.75) is 58.3 Å². The summed E-state index contributed by atoms with van der Waals surface area (Å²) >= 11 is 0.805. The molecule has 1 atom stereocenters. The van der Waals surface area contributed by atoms with Gasteiger partial charge in [0.25, 0.3) is 5.91 Å². The molecule has 4 heterocycles. The maximum absolute atomic E-state index is 13.4. The smallest absolute Gasteiger partial charge is 0.434 e. The SMILES string of the molecule is CCNC(O)Nc1cc(-c2nc(C(F)(F)F)cs2)c(-c2cc(C(=O)NN)cnc2OC2CCN(C(C)C)CC2)cn1. The molecule has 0 bridgehead atoms. The number of hydrogen-bond donors (Lipinski definition) is 5. The molecule has 6 N–H and O–H groups in total. The maximum Gasteiger partial charge on any atom is 0.434 e. The van der Waals surface area contributed by atoms with Gasteiger partial charge in [0.15, 0.2) is 12.0 Å². The lowest BCUT2D eigenvalue weighted by Gasteiger charge is -2.34. The molecule has 11 nitrogen and oxygen atoms in total. The van der Waals surface area contributed by atoms with E-state index in [0.717, 1.165) is 42.6 Å². The molecular formula is C26H33F3N8O3S. The normalized spacial score (nSPS) is 15.6. The molecule has 1 unspecified atom stereocenters. The Kier molecular flexibility index (Phi) is 9.76. The van der Waals surface area contributed by atoms with Gasteiger partial charge in [0.05, 0.1) is 5.56 Å². The predicted octanol–water partition coefficient (Wildman–Crippen LogP) is 3.44. The minimum atomic E-state index is -4.63. The standard InChI is InChI=1S/C26H33F3N8O3S/c1-4-31-25(39)35-21-10-18(24-34-20(13-41-24)26(27,28)29)19(12-32-21)17-9-15(22(38)36-30)11-33-23(17)40-16-5-7-37(8-6-16)14(2)3/h9-14,16,25,31,39H,4-8,30H2,1-3H3,(H,32,35)(H,36,38). The lowest BCUT2D eigenvalue weighted by Crippen LogP contribution is -2.41. The van der Waals surface area contributed by atoms with E-state index in [1.165, 1.54) is 24.5 Å². The molecule has 1 saturated heterocycles. The Hall–Kier alpha value is -3.37. The Morgan fingerprint density at radius 1 is 1.20 bits per heavy atom. The van der Waals surface area contributed by atoms with Crippen molar-refractivity contribution in [3.63, 3.8) is 0 Å². The van der Waals surface area contributed by atoms with Crippen LogP contribution in [0.5, 0.6) is 5.88 Å². The van der Waals surface area contributed by atoms with E-state index < -0.39 is 24.1 Å². The van der Waals surface area contributed by atoms with Gasteiger partial charge in [-0.25, -0.2) is 20.8 Å². The van der Waals surface area contributed by atoms with Crippen molar-refractivity contribution in [3.05, 3.63) is 41.2 Å². The van der Waals surface area contributed by atoms with E-state index in [-0.39, 0.29) is 33.9 Å². The highest BCUT2D eigenvalue weighted by Gasteiger charge is 2.34. The van der Waals surface area contributed by atoms with E-state index in [2.05, 4.69) is 49.8 Å². The lowest BCUT2D eigenvalue weighted by molar-refractivity contribution is -0.140. The van der Waals surface area contributed by atoms with Crippen LogP contribution in [0.2, 0.25) is 0 Å². The van der Waals surface area contributed by atoms with Gasteiger partial charge in [-0.05, 0) is 45.4 Å². The van der Waals surface area contributed by atoms with Crippen LogP contribution in [0.25, 0.3) is 21.7 Å². The number of rotatable bonds is 10. The molecule has 3 aromatic heterocycles. The number of aliphatic hydroxyl groups excluding tert-OH is 1. The number of amides is 1. The number of hydrogen-bond acceptors (Lipinski definition) is 11. The molecule has 222 valence electrons. The van der Waals surface area contributed by atoms with Gasteiger partial charge >= 0.3 is 6.18 Å². The number of piperidine rings is 1. The highest BCUT2D eigenvalue weighted by molar-refractivity contribution is 7.13. The highest BCUT2D eigenvalue weighted by Crippen LogP contribution is 2.41. The topological polar surface area (TPSA) is 151 Å². The first-order valence-electron chi connectivity index (χ1n) is 13.1. The number of alkyl halides is 3. The number of thiazole rings is 1. The number of nitrogens with zero attached hydrogens (tertiary/aromatic N) is 4. The van der Waals surface area contributed by atoms with E-state index in [4.69, 9.17) is 10.6 Å². The average molecular weight is 595 g/mol. The van der Waals surface area contributed by atoms with Crippen molar-refractivity contribution in [1.82, 2.24) is 30.6 Å². The summed E-state index contributed by atoms with van der Waals surface area (Å²) in [6.45, 7) is 8.20. The van der Waals surface area contributed by atoms with Crippen LogP contribution in [0, 0.1) is 0 Å². The Labute approximate surface area is 239 Å². The molecule has 1 amide bonds. The second-order valence-corrected chi connectivity index (χ2v) is 10.6. The van der Waals surface area contributed by atoms with E-state index in [0.29, 0.717) is 23.7 Å². The number of pyridine rings is 2. The van der Waals surface area contributed by atoms with Gasteiger partial charge in [0.1, 0.15) is 16.9 Å². The summed E-state index contributed by atoms with van der Waals surface area (Å²) in [5.41, 5.74) is 2.10. The van der Waals surface area contributed by atoms with Crippen LogP contribution in [0.3, 0.4) is 0 Å². The number of likely N-dealkylation sites (tertiary alicyclic amines) is 1. The molecule has 1 aliphatic heterocycles. The van der Waals surface area contributed by atoms with Crippen molar-refractivity contribution in [2.75, 3.05) is 25.0 Å². The molecule has 41 heavy (non-hydrogen) atoms. The summed E-state index contributed by atoms with van der Waals surface area (Å²) in [6.07, 6.45) is -1.70. The number of carbonyl (C=O) groups excluding carboxylic acids is 1. The molecule has 0 aromatic carbocycles. The lowest BCUT2D eigenvalue weighted by atomic mass is 10.0. The van der Waals surface area contributed by atoms with Crippen molar-refractivity contribution < 1.29 is 27.8 Å². The summed E-state index contributed by atoms with van der Waals surface area (Å²) in [7, 11) is 0. The first-order valence-corrected chi connectivity index (χ1v) is 14.0. The number of hydrazine groups is 1. The van der Waals surface area contributed by atoms with E-state index >= 15 is 0 Å². The third-order valence-corrected chi connectivity index (χ3v) is 7.51. The zero-order chi connectivity index (χ0) is 29.7. The highest BCUT2D eigenvalue weighted by atomic mass is 32.1. The predicted molar refractivity (Wildman–Crippen MR) is 149 cm³/mol. The Bertz CT molecular complexity index is 1350. The first kappa shape index (κ1) is 30.6. The zero-order valence-electron chi connectivity index (χ0n) is 22.8. The summed E-state index contributed by atoms with van der Waals surface area (Å²) in [5.74, 6) is 5.13. The van der Waals surface area contributed by atoms with Crippen LogP contribution in [0.4, 0.5) is 19.0 Å². The van der Waals surface area contributed by atoms with Gasteiger partial charge in [-0.1, -0.05) is 6.92 Å². The molecule has 0 saturated carbocycles. The number of carbonyl (C=O) groups is 1. The van der Waals surface area contributed by atoms with Gasteiger partial charge in [0, 0.05) is 53.6 Å². The van der Waals surface area contributed by atoms with Crippen molar-refractivity contribution in [2.24, 2.45) is 5.84 Å². The minimum Gasteiger partial charge on any atom is -0.474 e. The maximum atomic E-state index is 13.4. The molecule has 0 spiro atoms. The summed E-state index contributed by atoms with van der Waals surface area (Å²) in [6, 6.07) is 3.40. The van der Waals surface area contributed by atoms with Gasteiger partial charge < -0.3 is 20.1 Å². The Balaban J connectivity index is 1.80. The van der Waals surface area contributed by atoms with Crippen LogP contribution in [0.1, 0.15) is 49.7 Å². The second kappa shape index (κ2) is 13.1. The van der Waals surface area contributed by atoms with Gasteiger partial charge in [-0.15, -0.1) is 11.3 Å². The second-order valence-electron chi connectivity index (χ2n) is 9.75. The number of halogens is 3. The largest absolute Gasteiger partial charge is 0.474 e. The zero-order valence-corrected chi connectivity index (χ0v) is 23.6. The Morgan fingerprint density at radius 3 is 2.54 bits per heavy atom. The third kappa shape index (κ3) is 7.48. The number of nitrogens with two attached hydrogens (primary N) is 1. The van der Waals surface area contributed by atoms with Crippen LogP contribution in [0.15, 0.2) is 29.9 Å². The van der Waals surface area contributed by atoms with E-state index in [1.54, 1.807) is 6.92 Å². The number of ether oxygens (including phenoxy) is 1. The number of nitrogens with one attached hydrogen (secondary N) is 3. The molecule has 1 fully saturated rings. The fraction of sp³-hybridized carbons (Fsp3) is 0.462. The summed E-state index contributed by atoms with van der Waals surface area (Å²) in [4.78, 5) is 27.3. The van der Waals surface area contributed by atoms with E-state index in [9.17, 15) is 23.1 Å². The molecule has 1 aliphatic rings. The third-order valence-electron chi connectivity index (χ3n) is 6.63. The first-order chi connectivity index (χ1) is 19.5. The summed E-state index contributed by atoms with van der Waals surface area (Å²) < 4.78 is 46.7. The van der Waals surface area contributed by atoms with Crippen LogP contribution < -0.4 is 26.6 Å². The van der Waals surface area contributed by atoms with Crippen molar-refractivity contribution in [1.29, 1.82) is 0 Å². The fourth-order valence-corrected chi connectivity index (χ4v) is 5.31. The average Bonchev–Trinajstić information content (AvgIpc) is 3.45. The van der Waals surface area contributed by atoms with Gasteiger partial charge in [-0.3, -0.25) is 15.5 Å². The Morgan fingerprint density at radius 2 is 1.93 bits per heavy atom. The van der Waals surface area contributed by atoms with Crippen molar-refractivity contribution in [3.8, 4) is 27.6 Å². The minimum absolute atomic E-state index is 0.0561. The number of nitrogen functional groups attached to an aromatic ring is 1. The molecule has 0 radical (unpaired) electrons. The molecule has 3 aromatic rings. The van der Waals surface area contributed by atoms with Crippen LogP contribution >= 0.6 is 11.3 Å². The number of anilines is 1. The van der Waals surface area contributed by atoms with Crippen LogP contribution in [-0.4, -0.2) is 69.0 Å². The molecule has 15 heteroatoms. The van der Waals surface area contributed by atoms with Crippen LogP contribution in [-0.2, 0) is 6.18 Å². The quantitative estimate of drug-likeness (QED) is 0.102. The fourth-order valence-electron chi connectivity index (χ4n) is 4.45. The molecule has 0 aliphatic carbocycles. The number of aliphatic hydroxyl groups is 1. The molecular weight excluding hydrogens is 561 g/mol. The van der Waals surface area contributed by atoms with Gasteiger partial charge in [-0.2, -0.15) is 13.2 Å². The summed E-state index contributed by atoms with van der Waals surface area (Å²) in [5, 5.41) is 16.7. The van der Waals surface area contributed by atoms with Gasteiger partial charge in [0.2, 0.25) is 5.88 Å². The molecule has 4 rings (SSSR count). The monoisotopic (exact) mass is 594 g/mol.